The summed E-state index contributed by atoms with van der Waals surface area (Å²) in [6.45, 7) is 6.58. The Morgan fingerprint density at radius 1 is 1.20 bits per heavy atom. The summed E-state index contributed by atoms with van der Waals surface area (Å²) in [6.07, 6.45) is 3.83. The molecule has 0 amide bonds. The number of carbonyl (C=O) groups is 1. The quantitative estimate of drug-likeness (QED) is 0.751. The van der Waals surface area contributed by atoms with Crippen molar-refractivity contribution < 1.29 is 9.53 Å². The fourth-order valence-electron chi connectivity index (χ4n) is 3.03. The second kappa shape index (κ2) is 6.09. The van der Waals surface area contributed by atoms with Gasteiger partial charge in [0, 0.05) is 12.7 Å². The molecular weight excluding hydrogens is 248 g/mol. The van der Waals surface area contributed by atoms with Crippen molar-refractivity contribution in [3.8, 4) is 0 Å². The van der Waals surface area contributed by atoms with Gasteiger partial charge in [-0.05, 0) is 43.1 Å². The Kier molecular flexibility index (Phi) is 4.64. The van der Waals surface area contributed by atoms with Crippen LogP contribution in [0.1, 0.15) is 68.3 Å². The Morgan fingerprint density at radius 2 is 1.75 bits per heavy atom. The molecule has 110 valence electrons. The maximum atomic E-state index is 12.8. The van der Waals surface area contributed by atoms with Crippen LogP contribution in [0.15, 0.2) is 24.3 Å². The van der Waals surface area contributed by atoms with Crippen LogP contribution < -0.4 is 0 Å². The number of ether oxygens (including phenoxy) is 1. The summed E-state index contributed by atoms with van der Waals surface area (Å²) < 4.78 is 5.67. The van der Waals surface area contributed by atoms with Crippen molar-refractivity contribution in [2.45, 2.75) is 58.0 Å². The SMILES string of the molecule is COC1(C(=O)c2ccc(C(C)C)cc2)CCC(C)CC1. The van der Waals surface area contributed by atoms with Crippen molar-refractivity contribution in [1.29, 1.82) is 0 Å². The van der Waals surface area contributed by atoms with Crippen molar-refractivity contribution in [3.63, 3.8) is 0 Å². The first kappa shape index (κ1) is 15.2. The molecule has 2 heteroatoms. The highest BCUT2D eigenvalue weighted by atomic mass is 16.5. The van der Waals surface area contributed by atoms with Crippen molar-refractivity contribution >= 4 is 5.78 Å². The number of hydrogen-bond acceptors (Lipinski definition) is 2. The molecule has 20 heavy (non-hydrogen) atoms. The van der Waals surface area contributed by atoms with Crippen molar-refractivity contribution in [2.24, 2.45) is 5.92 Å². The van der Waals surface area contributed by atoms with Crippen LogP contribution in [-0.2, 0) is 4.74 Å². The number of hydrogen-bond donors (Lipinski definition) is 0. The fraction of sp³-hybridized carbons (Fsp3) is 0.611. The van der Waals surface area contributed by atoms with Gasteiger partial charge in [-0.15, -0.1) is 0 Å². The lowest BCUT2D eigenvalue weighted by Crippen LogP contribution is -2.43. The molecule has 0 unspecified atom stereocenters. The monoisotopic (exact) mass is 274 g/mol. The highest BCUT2D eigenvalue weighted by Crippen LogP contribution is 2.36. The van der Waals surface area contributed by atoms with Gasteiger partial charge in [-0.2, -0.15) is 0 Å². The number of rotatable bonds is 4. The molecule has 0 spiro atoms. The lowest BCUT2D eigenvalue weighted by Gasteiger charge is -2.37. The lowest BCUT2D eigenvalue weighted by molar-refractivity contribution is -0.0263. The third-order valence-corrected chi connectivity index (χ3v) is 4.73. The number of Topliss-reactive ketones (excluding diaryl/α,β-unsaturated/α-hetero) is 1. The van der Waals surface area contributed by atoms with E-state index in [2.05, 4.69) is 32.9 Å². The zero-order chi connectivity index (χ0) is 14.8. The average molecular weight is 274 g/mol. The normalized spacial score (nSPS) is 26.8. The third-order valence-electron chi connectivity index (χ3n) is 4.73. The minimum Gasteiger partial charge on any atom is -0.370 e. The Hall–Kier alpha value is -1.15. The van der Waals surface area contributed by atoms with Crippen LogP contribution >= 0.6 is 0 Å². The van der Waals surface area contributed by atoms with Gasteiger partial charge in [0.2, 0.25) is 0 Å². The third kappa shape index (κ3) is 2.95. The maximum Gasteiger partial charge on any atom is 0.194 e. The van der Waals surface area contributed by atoms with E-state index in [9.17, 15) is 4.79 Å². The zero-order valence-corrected chi connectivity index (χ0v) is 13.1. The number of ketones is 1. The van der Waals surface area contributed by atoms with Gasteiger partial charge in [0.25, 0.3) is 0 Å². The zero-order valence-electron chi connectivity index (χ0n) is 13.1. The average Bonchev–Trinajstić information content (AvgIpc) is 2.48. The van der Waals surface area contributed by atoms with Crippen LogP contribution in [0.5, 0.6) is 0 Å². The van der Waals surface area contributed by atoms with E-state index in [0.717, 1.165) is 31.2 Å². The van der Waals surface area contributed by atoms with E-state index >= 15 is 0 Å². The predicted octanol–water partition coefficient (Wildman–Crippen LogP) is 4.59. The van der Waals surface area contributed by atoms with Gasteiger partial charge in [0.05, 0.1) is 0 Å². The molecule has 2 nitrogen and oxygen atoms in total. The van der Waals surface area contributed by atoms with Gasteiger partial charge >= 0.3 is 0 Å². The molecule has 1 aromatic rings. The van der Waals surface area contributed by atoms with Crippen molar-refractivity contribution in [3.05, 3.63) is 35.4 Å². The highest BCUT2D eigenvalue weighted by Gasteiger charge is 2.41. The first-order chi connectivity index (χ1) is 9.48. The molecule has 0 aliphatic heterocycles. The molecule has 1 fully saturated rings. The van der Waals surface area contributed by atoms with Gasteiger partial charge < -0.3 is 4.74 Å². The van der Waals surface area contributed by atoms with Crippen LogP contribution in [-0.4, -0.2) is 18.5 Å². The van der Waals surface area contributed by atoms with E-state index < -0.39 is 5.60 Å². The van der Waals surface area contributed by atoms with Crippen LogP contribution in [0.3, 0.4) is 0 Å². The fourth-order valence-corrected chi connectivity index (χ4v) is 3.03. The molecule has 0 aromatic heterocycles. The molecule has 0 heterocycles. The van der Waals surface area contributed by atoms with E-state index in [1.807, 2.05) is 12.1 Å². The Labute approximate surface area is 122 Å². The summed E-state index contributed by atoms with van der Waals surface area (Å²) in [7, 11) is 1.68. The topological polar surface area (TPSA) is 26.3 Å². The van der Waals surface area contributed by atoms with Gasteiger partial charge in [-0.1, -0.05) is 45.0 Å². The number of benzene rings is 1. The minimum atomic E-state index is -0.591. The van der Waals surface area contributed by atoms with Gasteiger partial charge in [-0.25, -0.2) is 0 Å². The second-order valence-electron chi connectivity index (χ2n) is 6.49. The molecule has 1 saturated carbocycles. The molecule has 0 bridgehead atoms. The summed E-state index contributed by atoms with van der Waals surface area (Å²) in [4.78, 5) is 12.8. The van der Waals surface area contributed by atoms with Crippen molar-refractivity contribution in [2.75, 3.05) is 7.11 Å². The Morgan fingerprint density at radius 3 is 2.20 bits per heavy atom. The van der Waals surface area contributed by atoms with Gasteiger partial charge in [0.15, 0.2) is 5.78 Å². The summed E-state index contributed by atoms with van der Waals surface area (Å²) in [5.74, 6) is 1.35. The Bertz CT molecular complexity index is 451. The summed E-state index contributed by atoms with van der Waals surface area (Å²) >= 11 is 0. The van der Waals surface area contributed by atoms with Crippen LogP contribution in [0.2, 0.25) is 0 Å². The molecule has 0 saturated heterocycles. The van der Waals surface area contributed by atoms with E-state index in [-0.39, 0.29) is 5.78 Å². The molecular formula is C18H26O2. The molecule has 2 rings (SSSR count). The largest absolute Gasteiger partial charge is 0.370 e. The number of methoxy groups -OCH3 is 1. The second-order valence-corrected chi connectivity index (χ2v) is 6.49. The summed E-state index contributed by atoms with van der Waals surface area (Å²) in [5, 5.41) is 0. The first-order valence-corrected chi connectivity index (χ1v) is 7.68. The van der Waals surface area contributed by atoms with Crippen LogP contribution in [0, 0.1) is 5.92 Å². The van der Waals surface area contributed by atoms with Gasteiger partial charge in [0.1, 0.15) is 5.60 Å². The molecule has 1 aliphatic rings. The minimum absolute atomic E-state index is 0.155. The standard InChI is InChI=1S/C18H26O2/c1-13(2)15-5-7-16(8-6-15)17(19)18(20-4)11-9-14(3)10-12-18/h5-8,13-14H,9-12H2,1-4H3. The highest BCUT2D eigenvalue weighted by molar-refractivity contribution is 6.02. The van der Waals surface area contributed by atoms with E-state index in [0.29, 0.717) is 11.8 Å². The van der Waals surface area contributed by atoms with E-state index in [1.54, 1.807) is 7.11 Å². The van der Waals surface area contributed by atoms with Crippen molar-refractivity contribution in [1.82, 2.24) is 0 Å². The van der Waals surface area contributed by atoms with Crippen LogP contribution in [0.25, 0.3) is 0 Å². The summed E-state index contributed by atoms with van der Waals surface area (Å²) in [5.41, 5.74) is 1.46. The molecule has 0 atom stereocenters. The lowest BCUT2D eigenvalue weighted by atomic mass is 9.75. The maximum absolute atomic E-state index is 12.8. The smallest absolute Gasteiger partial charge is 0.194 e. The van der Waals surface area contributed by atoms with Gasteiger partial charge in [-0.3, -0.25) is 4.79 Å². The molecule has 0 N–H and O–H groups in total. The first-order valence-electron chi connectivity index (χ1n) is 7.68. The van der Waals surface area contributed by atoms with E-state index in [4.69, 9.17) is 4.74 Å². The van der Waals surface area contributed by atoms with Crippen LogP contribution in [0.4, 0.5) is 0 Å². The number of carbonyl (C=O) groups excluding carboxylic acids is 1. The molecule has 0 radical (unpaired) electrons. The summed E-state index contributed by atoms with van der Waals surface area (Å²) in [6, 6.07) is 8.03. The predicted molar refractivity (Wildman–Crippen MR) is 82.2 cm³/mol. The molecule has 1 aliphatic carbocycles. The Balaban J connectivity index is 2.20. The molecule has 1 aromatic carbocycles. The van der Waals surface area contributed by atoms with E-state index in [1.165, 1.54) is 5.56 Å².